The molecule has 0 amide bonds. The van der Waals surface area contributed by atoms with E-state index < -0.39 is 0 Å². The second-order valence-electron chi connectivity index (χ2n) is 4.97. The minimum absolute atomic E-state index is 0.284. The Labute approximate surface area is 140 Å². The summed E-state index contributed by atoms with van der Waals surface area (Å²) in [4.78, 5) is 4.35. The van der Waals surface area contributed by atoms with Crippen molar-refractivity contribution < 1.29 is 18.9 Å². The van der Waals surface area contributed by atoms with E-state index in [1.165, 1.54) is 0 Å². The van der Waals surface area contributed by atoms with Crippen LogP contribution in [0, 0.1) is 0 Å². The van der Waals surface area contributed by atoms with Gasteiger partial charge in [-0.2, -0.15) is 0 Å². The van der Waals surface area contributed by atoms with Gasteiger partial charge >= 0.3 is 140 Å². The molecular formula is C18H14O4Se. The molecule has 4 rings (SSSR count). The van der Waals surface area contributed by atoms with E-state index in [1.807, 2.05) is 36.4 Å². The fraction of sp³-hybridized carbons (Fsp3) is 0.111. The van der Waals surface area contributed by atoms with E-state index in [9.17, 15) is 0 Å². The van der Waals surface area contributed by atoms with Crippen molar-refractivity contribution in [3.63, 3.8) is 0 Å². The van der Waals surface area contributed by atoms with Crippen LogP contribution in [0.4, 0.5) is 0 Å². The van der Waals surface area contributed by atoms with Gasteiger partial charge in [-0.15, -0.1) is 0 Å². The molecule has 2 aromatic rings. The van der Waals surface area contributed by atoms with Crippen LogP contribution in [0.3, 0.4) is 0 Å². The Morgan fingerprint density at radius 2 is 1.13 bits per heavy atom. The van der Waals surface area contributed by atoms with Gasteiger partial charge in [-0.05, 0) is 0 Å². The van der Waals surface area contributed by atoms with Crippen LogP contribution in [0.1, 0.15) is 11.1 Å². The van der Waals surface area contributed by atoms with Gasteiger partial charge in [0.2, 0.25) is 0 Å². The molecule has 2 heterocycles. The first-order chi connectivity index (χ1) is 11.4. The van der Waals surface area contributed by atoms with Crippen LogP contribution in [-0.2, 0) is 0 Å². The Bertz CT molecular complexity index is 717. The molecule has 0 aliphatic carbocycles. The van der Waals surface area contributed by atoms with Crippen molar-refractivity contribution in [3.05, 3.63) is 57.5 Å². The van der Waals surface area contributed by atoms with Gasteiger partial charge in [-0.25, -0.2) is 0 Å². The second kappa shape index (κ2) is 6.40. The summed E-state index contributed by atoms with van der Waals surface area (Å²) in [5, 5.41) is 0. The molecule has 4 nitrogen and oxygen atoms in total. The summed E-state index contributed by atoms with van der Waals surface area (Å²) in [6, 6.07) is 11.9. The third-order valence-corrected chi connectivity index (χ3v) is 4.70. The van der Waals surface area contributed by atoms with Crippen LogP contribution in [0.5, 0.6) is 23.0 Å². The Morgan fingerprint density at radius 3 is 1.65 bits per heavy atom. The third-order valence-electron chi connectivity index (χ3n) is 3.47. The van der Waals surface area contributed by atoms with Crippen LogP contribution in [0.15, 0.2) is 46.3 Å². The molecule has 0 fully saturated rings. The van der Waals surface area contributed by atoms with E-state index in [-0.39, 0.29) is 15.0 Å². The summed E-state index contributed by atoms with van der Waals surface area (Å²) < 4.78 is 21.4. The first-order valence-corrected chi connectivity index (χ1v) is 9.14. The third kappa shape index (κ3) is 3.21. The van der Waals surface area contributed by atoms with E-state index in [1.54, 1.807) is 0 Å². The van der Waals surface area contributed by atoms with Crippen molar-refractivity contribution in [1.82, 2.24) is 0 Å². The van der Waals surface area contributed by atoms with Gasteiger partial charge in [0.15, 0.2) is 0 Å². The molecule has 0 N–H and O–H groups in total. The molecule has 0 saturated heterocycles. The van der Waals surface area contributed by atoms with Crippen molar-refractivity contribution in [1.29, 1.82) is 0 Å². The quantitative estimate of drug-likeness (QED) is 0.769. The molecule has 23 heavy (non-hydrogen) atoms. The van der Waals surface area contributed by atoms with Crippen molar-refractivity contribution in [2.45, 2.75) is 0 Å². The fourth-order valence-electron chi connectivity index (χ4n) is 2.31. The molecule has 0 saturated carbocycles. The number of benzene rings is 2. The maximum absolute atomic E-state index is 5.37. The van der Waals surface area contributed by atoms with Gasteiger partial charge in [0, 0.05) is 0 Å². The molecule has 2 aliphatic heterocycles. The average molecular weight is 373 g/mol. The molecule has 0 aromatic heterocycles. The van der Waals surface area contributed by atoms with Crippen molar-refractivity contribution >= 4 is 27.1 Å². The molecule has 0 atom stereocenters. The van der Waals surface area contributed by atoms with Crippen molar-refractivity contribution in [2.24, 2.45) is 0 Å². The standard InChI is InChI=1S/C18H14O4Se/c1-3-15-17(21-11-19-15)9-13(1)5-7-23-8-6-14-2-4-16-18(10-14)22-12-20-16/h1-10H,11-12H2/b7-5+,8-6+. The summed E-state index contributed by atoms with van der Waals surface area (Å²) in [5.74, 6) is 3.26. The maximum atomic E-state index is 5.37. The zero-order valence-electron chi connectivity index (χ0n) is 12.2. The van der Waals surface area contributed by atoms with Gasteiger partial charge in [0.05, 0.1) is 0 Å². The first-order valence-electron chi connectivity index (χ1n) is 7.16. The zero-order valence-corrected chi connectivity index (χ0v) is 13.9. The molecular weight excluding hydrogens is 359 g/mol. The number of fused-ring (bicyclic) bond motifs is 2. The molecule has 116 valence electrons. The summed E-state index contributed by atoms with van der Waals surface area (Å²) in [6.07, 6.45) is 4.21. The predicted octanol–water partition coefficient (Wildman–Crippen LogP) is 3.49. The van der Waals surface area contributed by atoms with Gasteiger partial charge < -0.3 is 0 Å². The number of hydrogen-bond donors (Lipinski definition) is 0. The van der Waals surface area contributed by atoms with Crippen molar-refractivity contribution in [3.8, 4) is 23.0 Å². The molecule has 0 spiro atoms. The van der Waals surface area contributed by atoms with Gasteiger partial charge in [-0.1, -0.05) is 0 Å². The van der Waals surface area contributed by atoms with Crippen LogP contribution >= 0.6 is 0 Å². The summed E-state index contributed by atoms with van der Waals surface area (Å²) >= 11 is 0.284. The van der Waals surface area contributed by atoms with E-state index in [0.717, 1.165) is 34.1 Å². The first kappa shape index (κ1) is 14.2. The molecule has 2 aliphatic rings. The SMILES string of the molecule is C(=C\c1ccc2c(c1)OCO2)/[Se]/C=C/c1ccc2c(c1)OCO2. The minimum atomic E-state index is 0.284. The molecule has 5 heteroatoms. The number of hydrogen-bond acceptors (Lipinski definition) is 4. The zero-order chi connectivity index (χ0) is 15.5. The average Bonchev–Trinajstić information content (AvgIpc) is 3.22. The second-order valence-corrected chi connectivity index (χ2v) is 6.68. The topological polar surface area (TPSA) is 36.9 Å². The van der Waals surface area contributed by atoms with Crippen LogP contribution in [0.2, 0.25) is 0 Å². The Kier molecular flexibility index (Phi) is 3.97. The van der Waals surface area contributed by atoms with E-state index >= 15 is 0 Å². The fourth-order valence-corrected chi connectivity index (χ4v) is 3.49. The summed E-state index contributed by atoms with van der Waals surface area (Å²) in [7, 11) is 0. The van der Waals surface area contributed by atoms with Gasteiger partial charge in [0.25, 0.3) is 0 Å². The van der Waals surface area contributed by atoms with Crippen molar-refractivity contribution in [2.75, 3.05) is 13.6 Å². The van der Waals surface area contributed by atoms with Crippen LogP contribution in [-0.4, -0.2) is 28.5 Å². The molecule has 0 bridgehead atoms. The molecule has 0 unspecified atom stereocenters. The monoisotopic (exact) mass is 374 g/mol. The number of ether oxygens (including phenoxy) is 4. The van der Waals surface area contributed by atoms with E-state index in [2.05, 4.69) is 22.1 Å². The van der Waals surface area contributed by atoms with Gasteiger partial charge in [0.1, 0.15) is 0 Å². The molecule has 2 aromatic carbocycles. The van der Waals surface area contributed by atoms with Gasteiger partial charge in [-0.3, -0.25) is 0 Å². The van der Waals surface area contributed by atoms with E-state index in [4.69, 9.17) is 18.9 Å². The molecule has 0 radical (unpaired) electrons. The van der Waals surface area contributed by atoms with Crippen LogP contribution in [0.25, 0.3) is 12.2 Å². The predicted molar refractivity (Wildman–Crippen MR) is 89.0 cm³/mol. The summed E-state index contributed by atoms with van der Waals surface area (Å²) in [6.45, 7) is 0.620. The normalized spacial score (nSPS) is 15.0. The number of rotatable bonds is 4. The Morgan fingerprint density at radius 1 is 0.652 bits per heavy atom. The van der Waals surface area contributed by atoms with Crippen LogP contribution < -0.4 is 18.9 Å². The summed E-state index contributed by atoms with van der Waals surface area (Å²) in [5.41, 5.74) is 2.24. The van der Waals surface area contributed by atoms with E-state index in [0.29, 0.717) is 13.6 Å². The Balaban J connectivity index is 1.36. The Hall–Kier alpha value is -2.36.